The Morgan fingerprint density at radius 2 is 1.71 bits per heavy atom. The lowest BCUT2D eigenvalue weighted by Crippen LogP contribution is -2.22. The van der Waals surface area contributed by atoms with Crippen molar-refractivity contribution in [1.29, 1.82) is 0 Å². The monoisotopic (exact) mass is 232 g/mol. The molecule has 0 radical (unpaired) electrons. The molecule has 4 heteroatoms. The smallest absolute Gasteiger partial charge is 0.228 e. The average molecular weight is 232 g/mol. The number of hydrogen-bond acceptors (Lipinski definition) is 4. The van der Waals surface area contributed by atoms with E-state index in [4.69, 9.17) is 9.47 Å². The third-order valence-corrected chi connectivity index (χ3v) is 2.81. The molecule has 1 aliphatic rings. The van der Waals surface area contributed by atoms with Crippen molar-refractivity contribution in [3.63, 3.8) is 0 Å². The number of ether oxygens (including phenoxy) is 2. The topological polar surface area (TPSA) is 52.6 Å². The van der Waals surface area contributed by atoms with E-state index in [1.807, 2.05) is 0 Å². The summed E-state index contributed by atoms with van der Waals surface area (Å²) in [5, 5.41) is 0. The van der Waals surface area contributed by atoms with Crippen LogP contribution in [-0.4, -0.2) is 25.8 Å². The lowest BCUT2D eigenvalue weighted by molar-refractivity contribution is 0.0904. The normalized spacial score (nSPS) is 14.8. The van der Waals surface area contributed by atoms with Crippen molar-refractivity contribution in [3.05, 3.63) is 40.7 Å². The van der Waals surface area contributed by atoms with Gasteiger partial charge in [0.15, 0.2) is 11.5 Å². The summed E-state index contributed by atoms with van der Waals surface area (Å²) in [5.41, 5.74) is 0.963. The van der Waals surface area contributed by atoms with Crippen molar-refractivity contribution in [3.8, 4) is 5.75 Å². The molecular formula is C13H12O4. The van der Waals surface area contributed by atoms with E-state index in [0.717, 1.165) is 0 Å². The van der Waals surface area contributed by atoms with Crippen molar-refractivity contribution in [2.75, 3.05) is 14.2 Å². The average Bonchev–Trinajstić information content (AvgIpc) is 2.36. The third kappa shape index (κ3) is 1.53. The molecule has 0 aliphatic heterocycles. The summed E-state index contributed by atoms with van der Waals surface area (Å²) < 4.78 is 10.1. The summed E-state index contributed by atoms with van der Waals surface area (Å²) in [6, 6.07) is 4.94. The van der Waals surface area contributed by atoms with Gasteiger partial charge in [-0.2, -0.15) is 0 Å². The number of carbonyl (C=O) groups is 2. The fourth-order valence-electron chi connectivity index (χ4n) is 1.95. The minimum Gasteiger partial charge on any atom is -0.496 e. The molecule has 0 saturated heterocycles. The second kappa shape index (κ2) is 4.05. The number of fused-ring (bicyclic) bond motifs is 1. The summed E-state index contributed by atoms with van der Waals surface area (Å²) >= 11 is 0. The first-order valence-corrected chi connectivity index (χ1v) is 5.13. The molecule has 0 saturated carbocycles. The summed E-state index contributed by atoms with van der Waals surface area (Å²) in [4.78, 5) is 24.2. The van der Waals surface area contributed by atoms with Crippen LogP contribution < -0.4 is 4.74 Å². The summed E-state index contributed by atoms with van der Waals surface area (Å²) in [7, 11) is 2.85. The van der Waals surface area contributed by atoms with Crippen LogP contribution in [0.4, 0.5) is 0 Å². The predicted molar refractivity (Wildman–Crippen MR) is 61.4 cm³/mol. The van der Waals surface area contributed by atoms with Crippen LogP contribution >= 0.6 is 0 Å². The standard InChI is InChI=1S/C13H12O4/c1-7-11(14)10-8(12(15)13(7)17-3)5-4-6-9(10)16-2/h4-6H,1-3H3. The summed E-state index contributed by atoms with van der Waals surface area (Å²) in [6.07, 6.45) is 0. The third-order valence-electron chi connectivity index (χ3n) is 2.81. The highest BCUT2D eigenvalue weighted by Gasteiger charge is 2.33. The molecule has 0 aromatic heterocycles. The van der Waals surface area contributed by atoms with Gasteiger partial charge >= 0.3 is 0 Å². The zero-order valence-corrected chi connectivity index (χ0v) is 9.87. The number of methoxy groups -OCH3 is 2. The van der Waals surface area contributed by atoms with Crippen LogP contribution in [0.5, 0.6) is 5.75 Å². The Morgan fingerprint density at radius 3 is 2.29 bits per heavy atom. The number of Topliss-reactive ketones (excluding diaryl/α,β-unsaturated/α-hetero) is 2. The van der Waals surface area contributed by atoms with Crippen LogP contribution in [0.15, 0.2) is 29.5 Å². The van der Waals surface area contributed by atoms with Gasteiger partial charge in [0.25, 0.3) is 0 Å². The van der Waals surface area contributed by atoms with Crippen LogP contribution in [-0.2, 0) is 4.74 Å². The van der Waals surface area contributed by atoms with Gasteiger partial charge in [0.2, 0.25) is 5.78 Å². The molecule has 0 fully saturated rings. The van der Waals surface area contributed by atoms with E-state index >= 15 is 0 Å². The zero-order chi connectivity index (χ0) is 12.6. The minimum absolute atomic E-state index is 0.107. The SMILES string of the molecule is COC1=C(C)C(=O)c2c(OC)cccc2C1=O. The number of ketones is 2. The minimum atomic E-state index is -0.279. The summed E-state index contributed by atoms with van der Waals surface area (Å²) in [6.45, 7) is 1.58. The lowest BCUT2D eigenvalue weighted by atomic mass is 9.88. The van der Waals surface area contributed by atoms with Gasteiger partial charge < -0.3 is 9.47 Å². The number of allylic oxidation sites excluding steroid dienone is 2. The predicted octanol–water partition coefficient (Wildman–Crippen LogP) is 1.99. The Labute approximate surface area is 98.8 Å². The van der Waals surface area contributed by atoms with Crippen molar-refractivity contribution < 1.29 is 19.1 Å². The van der Waals surface area contributed by atoms with Gasteiger partial charge in [0, 0.05) is 11.1 Å². The molecule has 0 spiro atoms. The van der Waals surface area contributed by atoms with Gasteiger partial charge in [-0.05, 0) is 19.1 Å². The maximum Gasteiger partial charge on any atom is 0.228 e. The first-order chi connectivity index (χ1) is 8.11. The quantitative estimate of drug-likeness (QED) is 0.782. The van der Waals surface area contributed by atoms with E-state index in [9.17, 15) is 9.59 Å². The van der Waals surface area contributed by atoms with Gasteiger partial charge in [0.05, 0.1) is 19.8 Å². The van der Waals surface area contributed by atoms with Gasteiger partial charge in [-0.15, -0.1) is 0 Å². The van der Waals surface area contributed by atoms with Crippen LogP contribution in [0.2, 0.25) is 0 Å². The molecule has 1 aliphatic carbocycles. The number of benzene rings is 1. The van der Waals surface area contributed by atoms with Crippen molar-refractivity contribution in [1.82, 2.24) is 0 Å². The van der Waals surface area contributed by atoms with Crippen molar-refractivity contribution in [2.45, 2.75) is 6.92 Å². The number of rotatable bonds is 2. The van der Waals surface area contributed by atoms with E-state index in [-0.39, 0.29) is 17.3 Å². The molecule has 1 aromatic carbocycles. The molecule has 0 amide bonds. The Balaban J connectivity index is 2.72. The van der Waals surface area contributed by atoms with Crippen LogP contribution in [0.1, 0.15) is 27.6 Å². The van der Waals surface area contributed by atoms with Crippen LogP contribution in [0.3, 0.4) is 0 Å². The highest BCUT2D eigenvalue weighted by Crippen LogP contribution is 2.32. The zero-order valence-electron chi connectivity index (χ0n) is 9.87. The molecule has 1 aromatic rings. The Kier molecular flexibility index (Phi) is 2.71. The molecule has 17 heavy (non-hydrogen) atoms. The molecule has 0 atom stereocenters. The fourth-order valence-corrected chi connectivity index (χ4v) is 1.95. The van der Waals surface area contributed by atoms with Crippen LogP contribution in [0, 0.1) is 0 Å². The van der Waals surface area contributed by atoms with Gasteiger partial charge in [0.1, 0.15) is 5.75 Å². The fraction of sp³-hybridized carbons (Fsp3) is 0.231. The first kappa shape index (κ1) is 11.4. The molecule has 0 bridgehead atoms. The van der Waals surface area contributed by atoms with Crippen molar-refractivity contribution >= 4 is 11.6 Å². The van der Waals surface area contributed by atoms with Gasteiger partial charge in [-0.1, -0.05) is 6.07 Å². The number of hydrogen-bond donors (Lipinski definition) is 0. The van der Waals surface area contributed by atoms with E-state index in [2.05, 4.69) is 0 Å². The molecule has 4 nitrogen and oxygen atoms in total. The Morgan fingerprint density at radius 1 is 1.00 bits per heavy atom. The lowest BCUT2D eigenvalue weighted by Gasteiger charge is -2.19. The number of carbonyl (C=O) groups excluding carboxylic acids is 2. The highest BCUT2D eigenvalue weighted by molar-refractivity contribution is 6.26. The summed E-state index contributed by atoms with van der Waals surface area (Å²) in [5.74, 6) is 0.0125. The molecule has 0 unspecified atom stereocenters. The second-order valence-electron chi connectivity index (χ2n) is 3.70. The van der Waals surface area contributed by atoms with Crippen molar-refractivity contribution in [2.24, 2.45) is 0 Å². The first-order valence-electron chi connectivity index (χ1n) is 5.13. The second-order valence-corrected chi connectivity index (χ2v) is 3.70. The molecular weight excluding hydrogens is 220 g/mol. The van der Waals surface area contributed by atoms with E-state index in [1.54, 1.807) is 25.1 Å². The molecule has 0 N–H and O–H groups in total. The van der Waals surface area contributed by atoms with Gasteiger partial charge in [-0.25, -0.2) is 0 Å². The van der Waals surface area contributed by atoms with E-state index < -0.39 is 0 Å². The molecule has 88 valence electrons. The maximum atomic E-state index is 12.1. The largest absolute Gasteiger partial charge is 0.496 e. The van der Waals surface area contributed by atoms with E-state index in [0.29, 0.717) is 22.4 Å². The van der Waals surface area contributed by atoms with Crippen LogP contribution in [0.25, 0.3) is 0 Å². The van der Waals surface area contributed by atoms with Gasteiger partial charge in [-0.3, -0.25) is 9.59 Å². The Bertz CT molecular complexity index is 540. The van der Waals surface area contributed by atoms with E-state index in [1.165, 1.54) is 14.2 Å². The highest BCUT2D eigenvalue weighted by atomic mass is 16.5. The molecule has 0 heterocycles. The Hall–Kier alpha value is -2.10. The maximum absolute atomic E-state index is 12.1. The molecule has 2 rings (SSSR count).